The van der Waals surface area contributed by atoms with Gasteiger partial charge in [0.2, 0.25) is 0 Å². The molecular weight excluding hydrogens is 573 g/mol. The SMILES string of the molecule is CC(C)(C)OC(=O)N1CC(CC(=O)Cc2ccc(Oc3ccnc4cc(-c5ccc(C6OCCO6)cn5)sc34)c(F)c2)C1. The monoisotopic (exact) mass is 605 g/mol. The third-order valence-corrected chi connectivity index (χ3v) is 8.21. The van der Waals surface area contributed by atoms with Crippen molar-refractivity contribution in [2.24, 2.45) is 5.92 Å². The van der Waals surface area contributed by atoms with Gasteiger partial charge in [0.05, 0.1) is 34.0 Å². The van der Waals surface area contributed by atoms with E-state index in [2.05, 4.69) is 9.97 Å². The maximum Gasteiger partial charge on any atom is 0.410 e. The minimum Gasteiger partial charge on any atom is -0.453 e. The van der Waals surface area contributed by atoms with Gasteiger partial charge in [-0.1, -0.05) is 12.1 Å². The number of benzene rings is 1. The van der Waals surface area contributed by atoms with Crippen LogP contribution in [0.2, 0.25) is 0 Å². The summed E-state index contributed by atoms with van der Waals surface area (Å²) in [4.78, 5) is 36.3. The highest BCUT2D eigenvalue weighted by molar-refractivity contribution is 7.22. The van der Waals surface area contributed by atoms with Crippen LogP contribution >= 0.6 is 11.3 Å². The number of Topliss-reactive ketones (excluding diaryl/α,β-unsaturated/α-hetero) is 1. The average Bonchev–Trinajstić information content (AvgIpc) is 3.62. The lowest BCUT2D eigenvalue weighted by Crippen LogP contribution is -2.52. The Morgan fingerprint density at radius 1 is 1.05 bits per heavy atom. The number of ether oxygens (including phenoxy) is 4. The minimum atomic E-state index is -0.556. The second-order valence-electron chi connectivity index (χ2n) is 11.7. The van der Waals surface area contributed by atoms with Crippen molar-refractivity contribution in [2.75, 3.05) is 26.3 Å². The highest BCUT2D eigenvalue weighted by atomic mass is 32.1. The Morgan fingerprint density at radius 3 is 2.53 bits per heavy atom. The molecule has 11 heteroatoms. The summed E-state index contributed by atoms with van der Waals surface area (Å²) in [5.74, 6) is 0.0625. The van der Waals surface area contributed by atoms with Crippen molar-refractivity contribution in [2.45, 2.75) is 45.5 Å². The van der Waals surface area contributed by atoms with E-state index in [9.17, 15) is 9.59 Å². The molecule has 9 nitrogen and oxygen atoms in total. The van der Waals surface area contributed by atoms with Crippen LogP contribution in [0.1, 0.15) is 44.6 Å². The first-order chi connectivity index (χ1) is 20.6. The largest absolute Gasteiger partial charge is 0.453 e. The van der Waals surface area contributed by atoms with Crippen molar-refractivity contribution in [3.05, 3.63) is 71.8 Å². The Kier molecular flexibility index (Phi) is 8.13. The fourth-order valence-electron chi connectivity index (χ4n) is 5.01. The van der Waals surface area contributed by atoms with E-state index in [1.807, 2.05) is 39.0 Å². The van der Waals surface area contributed by atoms with Crippen LogP contribution in [-0.2, 0) is 25.4 Å². The van der Waals surface area contributed by atoms with Gasteiger partial charge in [0.25, 0.3) is 0 Å². The van der Waals surface area contributed by atoms with Gasteiger partial charge in [0.1, 0.15) is 17.1 Å². The van der Waals surface area contributed by atoms with E-state index in [1.54, 1.807) is 35.5 Å². The Bertz CT molecular complexity index is 1640. The molecular formula is C32H32FN3O6S. The first-order valence-electron chi connectivity index (χ1n) is 14.2. The van der Waals surface area contributed by atoms with Crippen LogP contribution in [0.15, 0.2) is 54.9 Å². The number of pyridine rings is 2. The van der Waals surface area contributed by atoms with Crippen LogP contribution in [-0.4, -0.2) is 58.6 Å². The third-order valence-electron chi connectivity index (χ3n) is 7.05. The number of carbonyl (C=O) groups excluding carboxylic acids is 2. The number of rotatable bonds is 8. The van der Waals surface area contributed by atoms with E-state index in [4.69, 9.17) is 18.9 Å². The number of thiophene rings is 1. The maximum atomic E-state index is 15.1. The van der Waals surface area contributed by atoms with Crippen LogP contribution in [0.25, 0.3) is 20.8 Å². The van der Waals surface area contributed by atoms with Crippen LogP contribution in [0.4, 0.5) is 9.18 Å². The molecule has 1 aromatic carbocycles. The fourth-order valence-corrected chi connectivity index (χ4v) is 6.06. The average molecular weight is 606 g/mol. The molecule has 1 amide bonds. The molecule has 0 spiro atoms. The number of hydrogen-bond acceptors (Lipinski definition) is 9. The molecule has 43 heavy (non-hydrogen) atoms. The molecule has 2 fully saturated rings. The number of halogens is 1. The number of nitrogens with zero attached hydrogens (tertiary/aromatic N) is 3. The standard InChI is InChI=1S/C32H32FN3O6S/c1-32(2,3)42-31(38)36-17-20(18-36)13-22(37)12-19-4-7-26(23(33)14-19)41-27-8-9-34-25-15-28(43-29(25)27)24-6-5-21(16-35-24)30-39-10-11-40-30/h4-9,14-16,20,30H,10-13,17-18H2,1-3H3. The lowest BCUT2D eigenvalue weighted by atomic mass is 9.92. The van der Waals surface area contributed by atoms with Crippen molar-refractivity contribution in [1.82, 2.24) is 14.9 Å². The third kappa shape index (κ3) is 6.84. The van der Waals surface area contributed by atoms with Gasteiger partial charge in [-0.15, -0.1) is 11.3 Å². The van der Waals surface area contributed by atoms with Gasteiger partial charge in [-0.25, -0.2) is 9.18 Å². The van der Waals surface area contributed by atoms with Crippen molar-refractivity contribution < 1.29 is 32.9 Å². The van der Waals surface area contributed by atoms with Crippen molar-refractivity contribution in [3.8, 4) is 22.1 Å². The molecule has 5 heterocycles. The highest BCUT2D eigenvalue weighted by Crippen LogP contribution is 2.39. The van der Waals surface area contributed by atoms with E-state index < -0.39 is 11.4 Å². The molecule has 0 bridgehead atoms. The van der Waals surface area contributed by atoms with Gasteiger partial charge in [-0.3, -0.25) is 14.8 Å². The van der Waals surface area contributed by atoms with Crippen LogP contribution in [0.5, 0.6) is 11.5 Å². The van der Waals surface area contributed by atoms with Gasteiger partial charge in [-0.2, -0.15) is 0 Å². The predicted molar refractivity (Wildman–Crippen MR) is 159 cm³/mol. The molecule has 6 rings (SSSR count). The lowest BCUT2D eigenvalue weighted by molar-refractivity contribution is -0.120. The molecule has 0 aliphatic carbocycles. The molecule has 4 aromatic rings. The summed E-state index contributed by atoms with van der Waals surface area (Å²) in [7, 11) is 0. The van der Waals surface area contributed by atoms with E-state index in [-0.39, 0.29) is 36.3 Å². The van der Waals surface area contributed by atoms with Crippen LogP contribution in [0.3, 0.4) is 0 Å². The zero-order valence-electron chi connectivity index (χ0n) is 24.2. The smallest absolute Gasteiger partial charge is 0.410 e. The van der Waals surface area contributed by atoms with Crippen molar-refractivity contribution >= 4 is 33.4 Å². The molecule has 0 N–H and O–H groups in total. The van der Waals surface area contributed by atoms with Crippen LogP contribution < -0.4 is 4.74 Å². The van der Waals surface area contributed by atoms with Gasteiger partial charge < -0.3 is 23.8 Å². The second-order valence-corrected chi connectivity index (χ2v) is 12.8. The molecule has 3 aromatic heterocycles. The minimum absolute atomic E-state index is 0.00574. The second kappa shape index (κ2) is 12.0. The fraction of sp³-hybridized carbons (Fsp3) is 0.375. The molecule has 0 unspecified atom stereocenters. The summed E-state index contributed by atoms with van der Waals surface area (Å²) in [5, 5.41) is 0. The van der Waals surface area contributed by atoms with Crippen molar-refractivity contribution in [1.29, 1.82) is 0 Å². The summed E-state index contributed by atoms with van der Waals surface area (Å²) >= 11 is 1.46. The Morgan fingerprint density at radius 2 is 1.84 bits per heavy atom. The molecule has 224 valence electrons. The molecule has 0 atom stereocenters. The first-order valence-corrected chi connectivity index (χ1v) is 15.0. The Labute approximate surface area is 252 Å². The summed E-state index contributed by atoms with van der Waals surface area (Å²) in [6, 6.07) is 12.0. The summed E-state index contributed by atoms with van der Waals surface area (Å²) in [6.07, 6.45) is 3.05. The normalized spacial score (nSPS) is 16.0. The van der Waals surface area contributed by atoms with Gasteiger partial charge in [-0.05, 0) is 50.6 Å². The predicted octanol–water partition coefficient (Wildman–Crippen LogP) is 6.70. The van der Waals surface area contributed by atoms with E-state index in [0.29, 0.717) is 44.0 Å². The summed E-state index contributed by atoms with van der Waals surface area (Å²) in [5.41, 5.74) is 2.36. The summed E-state index contributed by atoms with van der Waals surface area (Å²) < 4.78 is 38.3. The number of hydrogen-bond donors (Lipinski definition) is 0. The number of ketones is 1. The summed E-state index contributed by atoms with van der Waals surface area (Å²) in [6.45, 7) is 7.56. The quantitative estimate of drug-likeness (QED) is 0.219. The molecule has 2 saturated heterocycles. The number of likely N-dealkylation sites (tertiary alicyclic amines) is 1. The zero-order valence-corrected chi connectivity index (χ0v) is 25.0. The van der Waals surface area contributed by atoms with Gasteiger partial charge in [0, 0.05) is 55.9 Å². The number of aromatic nitrogens is 2. The van der Waals surface area contributed by atoms with E-state index >= 15 is 4.39 Å². The Hall–Kier alpha value is -3.93. The number of carbonyl (C=O) groups is 2. The van der Waals surface area contributed by atoms with E-state index in [1.165, 1.54) is 17.4 Å². The zero-order chi connectivity index (χ0) is 30.1. The Balaban J connectivity index is 1.07. The first kappa shape index (κ1) is 29.2. The molecule has 0 radical (unpaired) electrons. The molecule has 2 aliphatic rings. The van der Waals surface area contributed by atoms with E-state index in [0.717, 1.165) is 26.4 Å². The number of fused-ring (bicyclic) bond motifs is 1. The molecule has 0 saturated carbocycles. The van der Waals surface area contributed by atoms with Crippen molar-refractivity contribution in [3.63, 3.8) is 0 Å². The topological polar surface area (TPSA) is 100 Å². The maximum absolute atomic E-state index is 15.1. The number of amides is 1. The van der Waals surface area contributed by atoms with Crippen LogP contribution in [0, 0.1) is 11.7 Å². The van der Waals surface area contributed by atoms with Gasteiger partial charge >= 0.3 is 6.09 Å². The lowest BCUT2D eigenvalue weighted by Gasteiger charge is -2.39. The van der Waals surface area contributed by atoms with Gasteiger partial charge in [0.15, 0.2) is 17.9 Å². The highest BCUT2D eigenvalue weighted by Gasteiger charge is 2.34. The molecule has 2 aliphatic heterocycles.